The van der Waals surface area contributed by atoms with Crippen LogP contribution in [0.3, 0.4) is 0 Å². The largest absolute Gasteiger partial charge is 0.393 e. The maximum Gasteiger partial charge on any atom is 0.0583 e. The first-order valence-corrected chi connectivity index (χ1v) is 7.93. The monoisotopic (exact) mass is 294 g/mol. The number of hydrogen-bond acceptors (Lipinski definition) is 3. The average Bonchev–Trinajstić information content (AvgIpc) is 2.99. The SMILES string of the molecule is NC(CCN1CC2CCC(O)C2C1)c1ccccc1Cl. The smallest absolute Gasteiger partial charge is 0.0583 e. The van der Waals surface area contributed by atoms with Gasteiger partial charge in [-0.2, -0.15) is 0 Å². The third kappa shape index (κ3) is 2.86. The summed E-state index contributed by atoms with van der Waals surface area (Å²) in [5, 5.41) is 10.7. The number of nitrogens with two attached hydrogens (primary N) is 1. The van der Waals surface area contributed by atoms with E-state index in [1.165, 1.54) is 6.42 Å². The average molecular weight is 295 g/mol. The van der Waals surface area contributed by atoms with Gasteiger partial charge in [0.05, 0.1) is 6.10 Å². The van der Waals surface area contributed by atoms with E-state index >= 15 is 0 Å². The Morgan fingerprint density at radius 2 is 2.10 bits per heavy atom. The van der Waals surface area contributed by atoms with Crippen LogP contribution in [0.2, 0.25) is 5.02 Å². The number of hydrogen-bond donors (Lipinski definition) is 2. The number of rotatable bonds is 4. The van der Waals surface area contributed by atoms with E-state index in [9.17, 15) is 5.11 Å². The molecule has 0 bridgehead atoms. The minimum absolute atomic E-state index is 0.00550. The summed E-state index contributed by atoms with van der Waals surface area (Å²) in [6.07, 6.45) is 3.00. The normalized spacial score (nSPS) is 31.4. The zero-order valence-corrected chi connectivity index (χ0v) is 12.5. The molecular weight excluding hydrogens is 272 g/mol. The molecule has 1 aliphatic heterocycles. The van der Waals surface area contributed by atoms with Gasteiger partial charge in [-0.15, -0.1) is 0 Å². The Morgan fingerprint density at radius 3 is 2.85 bits per heavy atom. The molecule has 2 fully saturated rings. The second kappa shape index (κ2) is 6.02. The van der Waals surface area contributed by atoms with Crippen LogP contribution in [-0.2, 0) is 0 Å². The van der Waals surface area contributed by atoms with E-state index in [-0.39, 0.29) is 12.1 Å². The van der Waals surface area contributed by atoms with Gasteiger partial charge < -0.3 is 15.7 Å². The maximum absolute atomic E-state index is 9.94. The van der Waals surface area contributed by atoms with E-state index in [4.69, 9.17) is 17.3 Å². The van der Waals surface area contributed by atoms with Crippen molar-refractivity contribution in [3.63, 3.8) is 0 Å². The maximum atomic E-state index is 9.94. The highest BCUT2D eigenvalue weighted by Crippen LogP contribution is 2.38. The van der Waals surface area contributed by atoms with Gasteiger partial charge in [0.1, 0.15) is 0 Å². The van der Waals surface area contributed by atoms with E-state index in [0.29, 0.717) is 11.8 Å². The highest BCUT2D eigenvalue weighted by atomic mass is 35.5. The number of likely N-dealkylation sites (tertiary alicyclic amines) is 1. The van der Waals surface area contributed by atoms with E-state index in [1.54, 1.807) is 0 Å². The number of benzene rings is 1. The van der Waals surface area contributed by atoms with E-state index in [1.807, 2.05) is 24.3 Å². The highest BCUT2D eigenvalue weighted by Gasteiger charge is 2.41. The fourth-order valence-corrected chi connectivity index (χ4v) is 4.04. The summed E-state index contributed by atoms with van der Waals surface area (Å²) in [7, 11) is 0. The summed E-state index contributed by atoms with van der Waals surface area (Å²) < 4.78 is 0. The second-order valence-electron chi connectivity index (χ2n) is 6.24. The van der Waals surface area contributed by atoms with Crippen molar-refractivity contribution in [3.8, 4) is 0 Å². The van der Waals surface area contributed by atoms with Crippen LogP contribution in [0.25, 0.3) is 0 Å². The Hall–Kier alpha value is -0.610. The lowest BCUT2D eigenvalue weighted by atomic mass is 10.00. The summed E-state index contributed by atoms with van der Waals surface area (Å²) in [6.45, 7) is 3.14. The minimum atomic E-state index is -0.0813. The van der Waals surface area contributed by atoms with Gasteiger partial charge in [0.2, 0.25) is 0 Å². The highest BCUT2D eigenvalue weighted by molar-refractivity contribution is 6.31. The van der Waals surface area contributed by atoms with Crippen LogP contribution >= 0.6 is 11.6 Å². The van der Waals surface area contributed by atoms with E-state index in [2.05, 4.69) is 4.90 Å². The lowest BCUT2D eigenvalue weighted by Crippen LogP contribution is -2.28. The van der Waals surface area contributed by atoms with Crippen molar-refractivity contribution in [3.05, 3.63) is 34.9 Å². The Kier molecular flexibility index (Phi) is 4.32. The first-order chi connectivity index (χ1) is 9.65. The Bertz CT molecular complexity index is 468. The number of fused-ring (bicyclic) bond motifs is 1. The van der Waals surface area contributed by atoms with E-state index < -0.39 is 0 Å². The van der Waals surface area contributed by atoms with Gasteiger partial charge >= 0.3 is 0 Å². The van der Waals surface area contributed by atoms with Gasteiger partial charge in [-0.3, -0.25) is 0 Å². The zero-order chi connectivity index (χ0) is 14.1. The van der Waals surface area contributed by atoms with Crippen molar-refractivity contribution in [1.82, 2.24) is 4.90 Å². The van der Waals surface area contributed by atoms with Crippen molar-refractivity contribution < 1.29 is 5.11 Å². The molecule has 20 heavy (non-hydrogen) atoms. The van der Waals surface area contributed by atoms with Gasteiger partial charge in [-0.25, -0.2) is 0 Å². The standard InChI is InChI=1S/C16H23ClN2O/c17-14-4-2-1-3-12(14)15(18)7-8-19-9-11-5-6-16(20)13(11)10-19/h1-4,11,13,15-16,20H,5-10,18H2. The summed E-state index contributed by atoms with van der Waals surface area (Å²) in [5.74, 6) is 1.19. The van der Waals surface area contributed by atoms with Crippen LogP contribution in [0, 0.1) is 11.8 Å². The second-order valence-corrected chi connectivity index (χ2v) is 6.65. The fourth-order valence-electron chi connectivity index (χ4n) is 3.76. The molecule has 110 valence electrons. The van der Waals surface area contributed by atoms with Crippen LogP contribution in [0.1, 0.15) is 30.9 Å². The van der Waals surface area contributed by atoms with Gasteiger partial charge in [-0.05, 0) is 43.4 Å². The minimum Gasteiger partial charge on any atom is -0.393 e. The van der Waals surface area contributed by atoms with Gasteiger partial charge in [0, 0.05) is 30.1 Å². The number of nitrogens with zero attached hydrogens (tertiary/aromatic N) is 1. The third-order valence-electron chi connectivity index (χ3n) is 4.96. The van der Waals surface area contributed by atoms with Gasteiger partial charge in [0.15, 0.2) is 0 Å². The molecule has 4 unspecified atom stereocenters. The molecule has 2 aliphatic rings. The summed E-state index contributed by atoms with van der Waals surface area (Å²) in [6, 6.07) is 7.82. The van der Waals surface area contributed by atoms with Gasteiger partial charge in [0.25, 0.3) is 0 Å². The lowest BCUT2D eigenvalue weighted by Gasteiger charge is -2.21. The number of aliphatic hydroxyl groups excluding tert-OH is 1. The third-order valence-corrected chi connectivity index (χ3v) is 5.30. The summed E-state index contributed by atoms with van der Waals surface area (Å²) in [4.78, 5) is 2.45. The molecule has 3 N–H and O–H groups in total. The Labute approximate surface area is 125 Å². The molecule has 1 aromatic carbocycles. The predicted molar refractivity (Wildman–Crippen MR) is 81.7 cm³/mol. The van der Waals surface area contributed by atoms with Gasteiger partial charge in [-0.1, -0.05) is 29.8 Å². The van der Waals surface area contributed by atoms with Crippen molar-refractivity contribution >= 4 is 11.6 Å². The zero-order valence-electron chi connectivity index (χ0n) is 11.7. The molecule has 0 spiro atoms. The van der Waals surface area contributed by atoms with Crippen molar-refractivity contribution in [2.75, 3.05) is 19.6 Å². The first kappa shape index (κ1) is 14.3. The molecular formula is C16H23ClN2O. The van der Waals surface area contributed by atoms with Crippen LogP contribution in [0.5, 0.6) is 0 Å². The number of halogens is 1. The first-order valence-electron chi connectivity index (χ1n) is 7.55. The molecule has 1 saturated carbocycles. The molecule has 4 heteroatoms. The molecule has 1 aliphatic carbocycles. The molecule has 1 heterocycles. The lowest BCUT2D eigenvalue weighted by molar-refractivity contribution is 0.124. The molecule has 0 amide bonds. The summed E-state index contributed by atoms with van der Waals surface area (Å²) in [5.41, 5.74) is 7.29. The predicted octanol–water partition coefficient (Wildman–Crippen LogP) is 2.43. The Balaban J connectivity index is 1.52. The quantitative estimate of drug-likeness (QED) is 0.897. The fraction of sp³-hybridized carbons (Fsp3) is 0.625. The van der Waals surface area contributed by atoms with Crippen molar-refractivity contribution in [2.45, 2.75) is 31.4 Å². The molecule has 0 radical (unpaired) electrons. The van der Waals surface area contributed by atoms with Crippen LogP contribution in [-0.4, -0.2) is 35.7 Å². The van der Waals surface area contributed by atoms with Crippen molar-refractivity contribution in [2.24, 2.45) is 17.6 Å². The molecule has 3 nitrogen and oxygen atoms in total. The molecule has 4 atom stereocenters. The number of aliphatic hydroxyl groups is 1. The van der Waals surface area contributed by atoms with Crippen LogP contribution in [0.4, 0.5) is 0 Å². The summed E-state index contributed by atoms with van der Waals surface area (Å²) >= 11 is 6.18. The molecule has 1 aromatic rings. The molecule has 1 saturated heterocycles. The van der Waals surface area contributed by atoms with Crippen molar-refractivity contribution in [1.29, 1.82) is 0 Å². The molecule has 3 rings (SSSR count). The van der Waals surface area contributed by atoms with E-state index in [0.717, 1.165) is 43.1 Å². The van der Waals surface area contributed by atoms with Crippen LogP contribution < -0.4 is 5.73 Å². The van der Waals surface area contributed by atoms with Crippen LogP contribution in [0.15, 0.2) is 24.3 Å². The molecule has 0 aromatic heterocycles. The topological polar surface area (TPSA) is 49.5 Å². The Morgan fingerprint density at radius 1 is 1.30 bits per heavy atom.